The number of anilines is 2. The Kier molecular flexibility index (Phi) is 4.24. The van der Waals surface area contributed by atoms with Crippen molar-refractivity contribution in [1.29, 1.82) is 0 Å². The Morgan fingerprint density at radius 3 is 2.61 bits per heavy atom. The lowest BCUT2D eigenvalue weighted by molar-refractivity contribution is -0.274. The summed E-state index contributed by atoms with van der Waals surface area (Å²) < 4.78 is 41.8. The lowest BCUT2D eigenvalue weighted by Gasteiger charge is -2.38. The van der Waals surface area contributed by atoms with Crippen molar-refractivity contribution in [3.05, 3.63) is 30.6 Å². The molecule has 0 saturated carbocycles. The number of fused-ring (bicyclic) bond motifs is 1. The minimum atomic E-state index is -4.75. The second-order valence-electron chi connectivity index (χ2n) is 6.25. The Hall–Kier alpha value is -3.44. The zero-order valence-electron chi connectivity index (χ0n) is 14.5. The molecule has 3 heterocycles. The average Bonchev–Trinajstić information content (AvgIpc) is 2.96. The van der Waals surface area contributed by atoms with Gasteiger partial charge in [-0.25, -0.2) is 14.6 Å². The van der Waals surface area contributed by atoms with Crippen LogP contribution in [-0.4, -0.2) is 50.3 Å². The molecular formula is C16H14F3N7O2. The number of hydrogen-bond donors (Lipinski definition) is 1. The van der Waals surface area contributed by atoms with E-state index < -0.39 is 6.36 Å². The van der Waals surface area contributed by atoms with Crippen LogP contribution in [0.15, 0.2) is 30.6 Å². The van der Waals surface area contributed by atoms with Gasteiger partial charge in [-0.2, -0.15) is 0 Å². The zero-order valence-corrected chi connectivity index (χ0v) is 14.5. The Labute approximate surface area is 156 Å². The standard InChI is InChI=1S/C16H14F3N7O2/c1-25-13-12(23-24-25)14(21-8-20-13)26-6-9(7-26)15(27)22-10-2-4-11(5-3-10)28-16(17,18)19/h2-5,8-9H,6-7H2,1H3,(H,22,27). The van der Waals surface area contributed by atoms with Gasteiger partial charge in [-0.3, -0.25) is 4.79 Å². The molecule has 0 spiro atoms. The van der Waals surface area contributed by atoms with Gasteiger partial charge in [-0.05, 0) is 24.3 Å². The summed E-state index contributed by atoms with van der Waals surface area (Å²) in [7, 11) is 1.73. The Morgan fingerprint density at radius 1 is 1.21 bits per heavy atom. The Bertz CT molecular complexity index is 1010. The molecule has 1 aromatic carbocycles. The van der Waals surface area contributed by atoms with Gasteiger partial charge in [-0.15, -0.1) is 18.3 Å². The number of benzene rings is 1. The second-order valence-corrected chi connectivity index (χ2v) is 6.25. The van der Waals surface area contributed by atoms with E-state index in [0.29, 0.717) is 35.8 Å². The fraction of sp³-hybridized carbons (Fsp3) is 0.312. The van der Waals surface area contributed by atoms with Crippen LogP contribution in [0.3, 0.4) is 0 Å². The summed E-state index contributed by atoms with van der Waals surface area (Å²) in [6.07, 6.45) is -3.34. The van der Waals surface area contributed by atoms with Crippen LogP contribution in [0.25, 0.3) is 11.2 Å². The number of nitrogens with zero attached hydrogens (tertiary/aromatic N) is 6. The number of halogens is 3. The van der Waals surface area contributed by atoms with Gasteiger partial charge in [0.15, 0.2) is 17.0 Å². The van der Waals surface area contributed by atoms with Crippen molar-refractivity contribution in [3.63, 3.8) is 0 Å². The van der Waals surface area contributed by atoms with Gasteiger partial charge < -0.3 is 15.0 Å². The van der Waals surface area contributed by atoms with E-state index in [1.807, 2.05) is 4.90 Å². The van der Waals surface area contributed by atoms with E-state index in [4.69, 9.17) is 0 Å². The van der Waals surface area contributed by atoms with Crippen LogP contribution in [-0.2, 0) is 11.8 Å². The monoisotopic (exact) mass is 393 g/mol. The molecule has 12 heteroatoms. The molecule has 9 nitrogen and oxygen atoms in total. The summed E-state index contributed by atoms with van der Waals surface area (Å²) >= 11 is 0. The third-order valence-electron chi connectivity index (χ3n) is 4.28. The van der Waals surface area contributed by atoms with Crippen LogP contribution >= 0.6 is 0 Å². The fourth-order valence-corrected chi connectivity index (χ4v) is 2.87. The number of ether oxygens (including phenoxy) is 1. The van der Waals surface area contributed by atoms with Crippen molar-refractivity contribution in [3.8, 4) is 5.75 Å². The molecular weight excluding hydrogens is 379 g/mol. The maximum atomic E-state index is 12.3. The number of rotatable bonds is 4. The second kappa shape index (κ2) is 6.62. The molecule has 1 fully saturated rings. The van der Waals surface area contributed by atoms with Gasteiger partial charge >= 0.3 is 6.36 Å². The highest BCUT2D eigenvalue weighted by atomic mass is 19.4. The molecule has 0 aliphatic carbocycles. The molecule has 4 rings (SSSR count). The predicted molar refractivity (Wildman–Crippen MR) is 91.6 cm³/mol. The first-order valence-electron chi connectivity index (χ1n) is 8.22. The SMILES string of the molecule is Cn1nnc2c(N3CC(C(=O)Nc4ccc(OC(F)(F)F)cc4)C3)ncnc21. The van der Waals surface area contributed by atoms with Gasteiger partial charge in [0.2, 0.25) is 5.91 Å². The lowest BCUT2D eigenvalue weighted by atomic mass is 9.99. The molecule has 1 N–H and O–H groups in total. The molecule has 0 radical (unpaired) electrons. The van der Waals surface area contributed by atoms with Gasteiger partial charge in [0, 0.05) is 25.8 Å². The smallest absolute Gasteiger partial charge is 0.406 e. The third-order valence-corrected chi connectivity index (χ3v) is 4.28. The summed E-state index contributed by atoms with van der Waals surface area (Å²) in [6, 6.07) is 4.98. The van der Waals surface area contributed by atoms with Gasteiger partial charge in [0.25, 0.3) is 0 Å². The van der Waals surface area contributed by atoms with Crippen molar-refractivity contribution in [2.75, 3.05) is 23.3 Å². The van der Waals surface area contributed by atoms with Gasteiger partial charge in [0.05, 0.1) is 5.92 Å². The first-order chi connectivity index (χ1) is 13.3. The van der Waals surface area contributed by atoms with Crippen LogP contribution in [0.5, 0.6) is 5.75 Å². The molecule has 1 saturated heterocycles. The van der Waals surface area contributed by atoms with Gasteiger partial charge in [-0.1, -0.05) is 5.21 Å². The van der Waals surface area contributed by atoms with Crippen LogP contribution in [0.2, 0.25) is 0 Å². The molecule has 0 unspecified atom stereocenters. The van der Waals surface area contributed by atoms with E-state index in [1.165, 1.54) is 23.1 Å². The molecule has 0 atom stereocenters. The number of alkyl halides is 3. The van der Waals surface area contributed by atoms with Crippen LogP contribution < -0.4 is 15.0 Å². The Balaban J connectivity index is 1.36. The number of aryl methyl sites for hydroxylation is 1. The summed E-state index contributed by atoms with van der Waals surface area (Å²) in [4.78, 5) is 22.6. The number of hydrogen-bond acceptors (Lipinski definition) is 7. The highest BCUT2D eigenvalue weighted by molar-refractivity contribution is 5.95. The van der Waals surface area contributed by atoms with Crippen molar-refractivity contribution in [2.24, 2.45) is 13.0 Å². The highest BCUT2D eigenvalue weighted by Gasteiger charge is 2.35. The van der Waals surface area contributed by atoms with E-state index >= 15 is 0 Å². The summed E-state index contributed by atoms with van der Waals surface area (Å²) in [5.41, 5.74) is 1.54. The first kappa shape index (κ1) is 17.9. The van der Waals surface area contributed by atoms with Gasteiger partial charge in [0.1, 0.15) is 12.1 Å². The third kappa shape index (κ3) is 3.52. The van der Waals surface area contributed by atoms with Crippen LogP contribution in [0.4, 0.5) is 24.7 Å². The van der Waals surface area contributed by atoms with Crippen molar-refractivity contribution in [2.45, 2.75) is 6.36 Å². The van der Waals surface area contributed by atoms with E-state index in [2.05, 4.69) is 30.3 Å². The van der Waals surface area contributed by atoms with E-state index in [0.717, 1.165) is 12.1 Å². The molecule has 1 amide bonds. The maximum Gasteiger partial charge on any atom is 0.573 e. The number of nitrogens with one attached hydrogen (secondary N) is 1. The fourth-order valence-electron chi connectivity index (χ4n) is 2.87. The molecule has 2 aromatic heterocycles. The number of amides is 1. The zero-order chi connectivity index (χ0) is 19.9. The largest absolute Gasteiger partial charge is 0.573 e. The quantitative estimate of drug-likeness (QED) is 0.721. The molecule has 0 bridgehead atoms. The normalized spacial score (nSPS) is 14.8. The van der Waals surface area contributed by atoms with Crippen molar-refractivity contribution >= 4 is 28.6 Å². The lowest BCUT2D eigenvalue weighted by Crippen LogP contribution is -2.52. The van der Waals surface area contributed by atoms with E-state index in [9.17, 15) is 18.0 Å². The van der Waals surface area contributed by atoms with Crippen molar-refractivity contribution in [1.82, 2.24) is 25.0 Å². The predicted octanol–water partition coefficient (Wildman–Crippen LogP) is 1.73. The minimum Gasteiger partial charge on any atom is -0.406 e. The minimum absolute atomic E-state index is 0.231. The topological polar surface area (TPSA) is 98.1 Å². The summed E-state index contributed by atoms with van der Waals surface area (Å²) in [6.45, 7) is 0.869. The maximum absolute atomic E-state index is 12.3. The van der Waals surface area contributed by atoms with Crippen LogP contribution in [0.1, 0.15) is 0 Å². The molecule has 146 valence electrons. The number of carbonyl (C=O) groups is 1. The average molecular weight is 393 g/mol. The van der Waals surface area contributed by atoms with Crippen molar-refractivity contribution < 1.29 is 22.7 Å². The van der Waals surface area contributed by atoms with E-state index in [1.54, 1.807) is 7.05 Å². The van der Waals surface area contributed by atoms with Crippen LogP contribution in [0, 0.1) is 5.92 Å². The number of carbonyl (C=O) groups excluding carboxylic acids is 1. The molecule has 28 heavy (non-hydrogen) atoms. The highest BCUT2D eigenvalue weighted by Crippen LogP contribution is 2.28. The first-order valence-corrected chi connectivity index (χ1v) is 8.22. The Morgan fingerprint density at radius 2 is 1.93 bits per heavy atom. The summed E-state index contributed by atoms with van der Waals surface area (Å²) in [5, 5.41) is 10.6. The number of aromatic nitrogens is 5. The molecule has 1 aliphatic rings. The summed E-state index contributed by atoms with van der Waals surface area (Å²) in [5.74, 6) is -0.258. The molecule has 3 aromatic rings. The molecule has 1 aliphatic heterocycles. The van der Waals surface area contributed by atoms with E-state index in [-0.39, 0.29) is 17.6 Å².